The fourth-order valence-corrected chi connectivity index (χ4v) is 0.917. The monoisotopic (exact) mass is 192 g/mol. The summed E-state index contributed by atoms with van der Waals surface area (Å²) in [6.45, 7) is 0.356. The van der Waals surface area contributed by atoms with E-state index in [0.717, 1.165) is 0 Å². The van der Waals surface area contributed by atoms with Crippen LogP contribution >= 0.6 is 0 Å². The van der Waals surface area contributed by atoms with Crippen molar-refractivity contribution in [2.75, 3.05) is 11.9 Å². The highest BCUT2D eigenvalue weighted by molar-refractivity contribution is 5.54. The number of hydrogen-bond acceptors (Lipinski definition) is 5. The van der Waals surface area contributed by atoms with Gasteiger partial charge in [-0.2, -0.15) is 5.26 Å². The lowest BCUT2D eigenvalue weighted by Crippen LogP contribution is -2.05. The number of nitrogens with zero attached hydrogens (tertiary/aromatic N) is 3. The van der Waals surface area contributed by atoms with Gasteiger partial charge < -0.3 is 5.32 Å². The first-order valence-corrected chi connectivity index (χ1v) is 3.96. The molecule has 14 heavy (non-hydrogen) atoms. The zero-order valence-corrected chi connectivity index (χ0v) is 7.30. The molecule has 0 aliphatic carbocycles. The van der Waals surface area contributed by atoms with Crippen molar-refractivity contribution in [2.24, 2.45) is 0 Å². The average molecular weight is 192 g/mol. The van der Waals surface area contributed by atoms with Gasteiger partial charge in [-0.25, -0.2) is 4.98 Å². The number of anilines is 1. The standard InChI is InChI=1S/C8H8N4O2/c9-4-2-6-11-8-7(12(13)14)3-1-5-10-8/h1,3,5H,2,6H2,(H,10,11). The summed E-state index contributed by atoms with van der Waals surface area (Å²) in [6.07, 6.45) is 1.75. The average Bonchev–Trinajstić information content (AvgIpc) is 2.19. The number of aromatic nitrogens is 1. The molecule has 0 saturated carbocycles. The molecule has 0 spiro atoms. The SMILES string of the molecule is N#CCCNc1ncccc1[N+](=O)[O-]. The summed E-state index contributed by atoms with van der Waals surface area (Å²) in [5.41, 5.74) is -0.0783. The molecule has 6 nitrogen and oxygen atoms in total. The van der Waals surface area contributed by atoms with Crippen LogP contribution in [0.2, 0.25) is 0 Å². The van der Waals surface area contributed by atoms with Crippen LogP contribution in [0.15, 0.2) is 18.3 Å². The number of nitrogens with one attached hydrogen (secondary N) is 1. The molecule has 1 N–H and O–H groups in total. The molecule has 0 unspecified atom stereocenters. The maximum absolute atomic E-state index is 10.5. The van der Waals surface area contributed by atoms with Crippen LogP contribution in [0.1, 0.15) is 6.42 Å². The lowest BCUT2D eigenvalue weighted by atomic mass is 10.4. The van der Waals surface area contributed by atoms with Crippen molar-refractivity contribution in [2.45, 2.75) is 6.42 Å². The predicted molar refractivity (Wildman–Crippen MR) is 49.6 cm³/mol. The lowest BCUT2D eigenvalue weighted by Gasteiger charge is -2.02. The van der Waals surface area contributed by atoms with Crippen molar-refractivity contribution < 1.29 is 4.92 Å². The quantitative estimate of drug-likeness (QED) is 0.441. The van der Waals surface area contributed by atoms with Crippen molar-refractivity contribution in [3.05, 3.63) is 28.4 Å². The Morgan fingerprint density at radius 2 is 2.50 bits per heavy atom. The van der Waals surface area contributed by atoms with Crippen molar-refractivity contribution in [1.82, 2.24) is 4.98 Å². The van der Waals surface area contributed by atoms with Crippen molar-refractivity contribution >= 4 is 11.5 Å². The molecule has 0 aromatic carbocycles. The Morgan fingerprint density at radius 1 is 1.71 bits per heavy atom. The van der Waals surface area contributed by atoms with Crippen LogP contribution < -0.4 is 5.32 Å². The summed E-state index contributed by atoms with van der Waals surface area (Å²) in [4.78, 5) is 13.8. The number of nitriles is 1. The smallest absolute Gasteiger partial charge is 0.311 e. The molecule has 0 atom stereocenters. The van der Waals surface area contributed by atoms with Crippen LogP contribution in [0, 0.1) is 21.4 Å². The molecule has 1 rings (SSSR count). The molecule has 1 aromatic heterocycles. The van der Waals surface area contributed by atoms with Gasteiger partial charge in [0.05, 0.1) is 17.4 Å². The predicted octanol–water partition coefficient (Wildman–Crippen LogP) is 1.32. The zero-order chi connectivity index (χ0) is 10.4. The van der Waals surface area contributed by atoms with E-state index >= 15 is 0 Å². The third kappa shape index (κ3) is 2.42. The van der Waals surface area contributed by atoms with Gasteiger partial charge in [-0.15, -0.1) is 0 Å². The topological polar surface area (TPSA) is 91.8 Å². The van der Waals surface area contributed by atoms with Gasteiger partial charge in [0.2, 0.25) is 5.82 Å². The fourth-order valence-electron chi connectivity index (χ4n) is 0.917. The molecule has 0 saturated heterocycles. The molecule has 0 fully saturated rings. The molecule has 72 valence electrons. The maximum Gasteiger partial charge on any atom is 0.311 e. The minimum atomic E-state index is -0.512. The van der Waals surface area contributed by atoms with Gasteiger partial charge in [0.1, 0.15) is 0 Å². The van der Waals surface area contributed by atoms with Gasteiger partial charge >= 0.3 is 5.69 Å². The number of nitro groups is 1. The van der Waals surface area contributed by atoms with Crippen LogP contribution in [0.25, 0.3) is 0 Å². The number of hydrogen-bond donors (Lipinski definition) is 1. The third-order valence-electron chi connectivity index (χ3n) is 1.51. The van der Waals surface area contributed by atoms with Gasteiger partial charge in [-0.1, -0.05) is 0 Å². The maximum atomic E-state index is 10.5. The minimum absolute atomic E-state index is 0.0783. The number of rotatable bonds is 4. The summed E-state index contributed by atoms with van der Waals surface area (Å²) in [7, 11) is 0. The van der Waals surface area contributed by atoms with Gasteiger partial charge in [0, 0.05) is 18.8 Å². The Kier molecular flexibility index (Phi) is 3.38. The van der Waals surface area contributed by atoms with Gasteiger partial charge in [0.25, 0.3) is 0 Å². The minimum Gasteiger partial charge on any atom is -0.363 e. The van der Waals surface area contributed by atoms with Gasteiger partial charge in [0.15, 0.2) is 0 Å². The molecule has 0 bridgehead atoms. The summed E-state index contributed by atoms with van der Waals surface area (Å²) in [6, 6.07) is 4.78. The van der Waals surface area contributed by atoms with E-state index in [1.807, 2.05) is 6.07 Å². The third-order valence-corrected chi connectivity index (χ3v) is 1.51. The van der Waals surface area contributed by atoms with Crippen LogP contribution in [0.4, 0.5) is 11.5 Å². The second kappa shape index (κ2) is 4.77. The molecule has 1 aromatic rings. The van der Waals surface area contributed by atoms with Crippen molar-refractivity contribution in [1.29, 1.82) is 5.26 Å². The second-order valence-corrected chi connectivity index (χ2v) is 2.46. The van der Waals surface area contributed by atoms with E-state index in [-0.39, 0.29) is 17.9 Å². The molecular formula is C8H8N4O2. The number of pyridine rings is 1. The molecule has 0 aliphatic heterocycles. The highest BCUT2D eigenvalue weighted by Gasteiger charge is 2.12. The van der Waals surface area contributed by atoms with E-state index in [1.165, 1.54) is 18.3 Å². The van der Waals surface area contributed by atoms with Crippen LogP contribution in [-0.4, -0.2) is 16.5 Å². The highest BCUT2D eigenvalue weighted by Crippen LogP contribution is 2.19. The summed E-state index contributed by atoms with van der Waals surface area (Å²) >= 11 is 0. The van der Waals surface area contributed by atoms with E-state index in [2.05, 4.69) is 10.3 Å². The molecule has 0 aliphatic rings. The van der Waals surface area contributed by atoms with Crippen LogP contribution in [0.3, 0.4) is 0 Å². The van der Waals surface area contributed by atoms with E-state index in [1.54, 1.807) is 0 Å². The zero-order valence-electron chi connectivity index (χ0n) is 7.30. The van der Waals surface area contributed by atoms with E-state index in [0.29, 0.717) is 6.54 Å². The second-order valence-electron chi connectivity index (χ2n) is 2.46. The molecule has 6 heteroatoms. The summed E-state index contributed by atoms with van der Waals surface area (Å²) in [5, 5.41) is 21.5. The molecular weight excluding hydrogens is 184 g/mol. The van der Waals surface area contributed by atoms with Gasteiger partial charge in [-0.3, -0.25) is 10.1 Å². The Balaban J connectivity index is 2.75. The first-order chi connectivity index (χ1) is 6.75. The largest absolute Gasteiger partial charge is 0.363 e. The first kappa shape index (κ1) is 9.92. The molecule has 0 radical (unpaired) electrons. The van der Waals surface area contributed by atoms with Crippen molar-refractivity contribution in [3.8, 4) is 6.07 Å². The Hall–Kier alpha value is -2.16. The van der Waals surface area contributed by atoms with E-state index in [4.69, 9.17) is 5.26 Å². The van der Waals surface area contributed by atoms with Crippen LogP contribution in [0.5, 0.6) is 0 Å². The highest BCUT2D eigenvalue weighted by atomic mass is 16.6. The molecule has 0 amide bonds. The summed E-state index contributed by atoms with van der Waals surface area (Å²) in [5.74, 6) is 0.202. The van der Waals surface area contributed by atoms with Crippen molar-refractivity contribution in [3.63, 3.8) is 0 Å². The normalized spacial score (nSPS) is 9.07. The fraction of sp³-hybridized carbons (Fsp3) is 0.250. The van der Waals surface area contributed by atoms with Gasteiger partial charge in [-0.05, 0) is 6.07 Å². The van der Waals surface area contributed by atoms with E-state index < -0.39 is 4.92 Å². The first-order valence-electron chi connectivity index (χ1n) is 3.96. The van der Waals surface area contributed by atoms with E-state index in [9.17, 15) is 10.1 Å². The summed E-state index contributed by atoms with van der Waals surface area (Å²) < 4.78 is 0. The molecule has 1 heterocycles. The van der Waals surface area contributed by atoms with Crippen LogP contribution in [-0.2, 0) is 0 Å². The Morgan fingerprint density at radius 3 is 3.14 bits per heavy atom. The lowest BCUT2D eigenvalue weighted by molar-refractivity contribution is -0.384. The Bertz CT molecular complexity index is 372. The Labute approximate surface area is 80.3 Å².